The van der Waals surface area contributed by atoms with E-state index in [9.17, 15) is 4.79 Å². The molecular weight excluding hydrogens is 266 g/mol. The summed E-state index contributed by atoms with van der Waals surface area (Å²) >= 11 is 0. The lowest BCUT2D eigenvalue weighted by molar-refractivity contribution is 0.102. The fraction of sp³-hybridized carbons (Fsp3) is 0.400. The van der Waals surface area contributed by atoms with Crippen molar-refractivity contribution in [2.75, 3.05) is 17.7 Å². The molecule has 2 aromatic heterocycles. The van der Waals surface area contributed by atoms with Gasteiger partial charge in [-0.05, 0) is 12.1 Å². The zero-order chi connectivity index (χ0) is 15.6. The fourth-order valence-electron chi connectivity index (χ4n) is 1.86. The number of rotatable bonds is 3. The predicted molar refractivity (Wildman–Crippen MR) is 83.6 cm³/mol. The first-order valence-corrected chi connectivity index (χ1v) is 6.80. The Bertz CT molecular complexity index is 654. The maximum atomic E-state index is 12.4. The van der Waals surface area contributed by atoms with E-state index in [4.69, 9.17) is 0 Å². The molecule has 6 heteroatoms. The second-order valence-electron chi connectivity index (χ2n) is 5.98. The maximum Gasteiger partial charge on any atom is 0.255 e. The highest BCUT2D eigenvalue weighted by atomic mass is 16.1. The van der Waals surface area contributed by atoms with E-state index in [1.165, 1.54) is 0 Å². The van der Waals surface area contributed by atoms with Gasteiger partial charge in [0, 0.05) is 37.0 Å². The Morgan fingerprint density at radius 3 is 2.52 bits per heavy atom. The first kappa shape index (κ1) is 15.0. The third-order valence-electron chi connectivity index (χ3n) is 3.07. The number of anilines is 2. The van der Waals surface area contributed by atoms with Gasteiger partial charge in [0.2, 0.25) is 0 Å². The summed E-state index contributed by atoms with van der Waals surface area (Å²) in [6.45, 7) is 6.20. The molecule has 0 saturated carbocycles. The average Bonchev–Trinajstić information content (AvgIpc) is 2.82. The molecule has 0 saturated heterocycles. The standard InChI is InChI=1S/C15H21N5O/c1-15(2,3)12-6-10(7-13(16-4)19-12)14(21)18-11-8-17-20(5)9-11/h6-9H,1-5H3,(H,16,19)(H,18,21). The molecule has 0 spiro atoms. The van der Waals surface area contributed by atoms with Crippen molar-refractivity contribution >= 4 is 17.4 Å². The van der Waals surface area contributed by atoms with Crippen LogP contribution in [0.4, 0.5) is 11.5 Å². The molecule has 2 rings (SSSR count). The van der Waals surface area contributed by atoms with Gasteiger partial charge in [-0.2, -0.15) is 5.10 Å². The number of nitrogens with one attached hydrogen (secondary N) is 2. The number of aryl methyl sites for hydroxylation is 1. The Kier molecular flexibility index (Phi) is 3.97. The Morgan fingerprint density at radius 2 is 2.00 bits per heavy atom. The summed E-state index contributed by atoms with van der Waals surface area (Å²) in [5.41, 5.74) is 1.98. The van der Waals surface area contributed by atoms with Crippen molar-refractivity contribution in [3.8, 4) is 0 Å². The van der Waals surface area contributed by atoms with Gasteiger partial charge in [0.1, 0.15) is 5.82 Å². The number of carbonyl (C=O) groups is 1. The van der Waals surface area contributed by atoms with Crippen molar-refractivity contribution in [3.05, 3.63) is 35.8 Å². The number of hydrogen-bond acceptors (Lipinski definition) is 4. The third-order valence-corrected chi connectivity index (χ3v) is 3.07. The molecule has 0 atom stereocenters. The first-order chi connectivity index (χ1) is 9.79. The van der Waals surface area contributed by atoms with Crippen LogP contribution in [0.1, 0.15) is 36.8 Å². The lowest BCUT2D eigenvalue weighted by Gasteiger charge is -2.19. The number of pyridine rings is 1. The maximum absolute atomic E-state index is 12.4. The lowest BCUT2D eigenvalue weighted by Crippen LogP contribution is -2.18. The summed E-state index contributed by atoms with van der Waals surface area (Å²) < 4.78 is 1.64. The smallest absolute Gasteiger partial charge is 0.255 e. The highest BCUT2D eigenvalue weighted by Crippen LogP contribution is 2.23. The third kappa shape index (κ3) is 3.59. The van der Waals surface area contributed by atoms with Gasteiger partial charge >= 0.3 is 0 Å². The van der Waals surface area contributed by atoms with E-state index in [1.807, 2.05) is 6.07 Å². The Hall–Kier alpha value is -2.37. The molecule has 0 aromatic carbocycles. The summed E-state index contributed by atoms with van der Waals surface area (Å²) in [6, 6.07) is 3.56. The quantitative estimate of drug-likeness (QED) is 0.909. The number of aromatic nitrogens is 3. The monoisotopic (exact) mass is 287 g/mol. The molecule has 0 aliphatic rings. The first-order valence-electron chi connectivity index (χ1n) is 6.80. The van der Waals surface area contributed by atoms with Crippen LogP contribution < -0.4 is 10.6 Å². The molecule has 112 valence electrons. The molecule has 2 aromatic rings. The van der Waals surface area contributed by atoms with Crippen LogP contribution in [0.5, 0.6) is 0 Å². The molecule has 1 amide bonds. The molecular formula is C15H21N5O. The molecule has 0 aliphatic heterocycles. The van der Waals surface area contributed by atoms with Crippen LogP contribution in [0.3, 0.4) is 0 Å². The van der Waals surface area contributed by atoms with E-state index in [0.29, 0.717) is 17.1 Å². The molecule has 0 fully saturated rings. The van der Waals surface area contributed by atoms with E-state index < -0.39 is 0 Å². The van der Waals surface area contributed by atoms with E-state index >= 15 is 0 Å². The van der Waals surface area contributed by atoms with Gasteiger partial charge in [0.25, 0.3) is 5.91 Å². The number of carbonyl (C=O) groups excluding carboxylic acids is 1. The largest absolute Gasteiger partial charge is 0.373 e. The van der Waals surface area contributed by atoms with Crippen molar-refractivity contribution in [1.82, 2.24) is 14.8 Å². The second kappa shape index (κ2) is 5.55. The summed E-state index contributed by atoms with van der Waals surface area (Å²) in [6.07, 6.45) is 3.37. The average molecular weight is 287 g/mol. The fourth-order valence-corrected chi connectivity index (χ4v) is 1.86. The van der Waals surface area contributed by atoms with Crippen molar-refractivity contribution in [3.63, 3.8) is 0 Å². The van der Waals surface area contributed by atoms with Crippen LogP contribution >= 0.6 is 0 Å². The van der Waals surface area contributed by atoms with Gasteiger partial charge in [-0.15, -0.1) is 0 Å². The van der Waals surface area contributed by atoms with E-state index in [0.717, 1.165) is 5.69 Å². The molecule has 6 nitrogen and oxygen atoms in total. The topological polar surface area (TPSA) is 71.8 Å². The van der Waals surface area contributed by atoms with Gasteiger partial charge in [-0.25, -0.2) is 4.98 Å². The van der Waals surface area contributed by atoms with Crippen LogP contribution in [0.25, 0.3) is 0 Å². The van der Waals surface area contributed by atoms with Crippen LogP contribution in [-0.4, -0.2) is 27.7 Å². The number of amides is 1. The normalized spacial score (nSPS) is 11.3. The van der Waals surface area contributed by atoms with Crippen LogP contribution in [-0.2, 0) is 12.5 Å². The van der Waals surface area contributed by atoms with Gasteiger partial charge in [-0.3, -0.25) is 9.48 Å². The predicted octanol–water partition coefficient (Wildman–Crippen LogP) is 2.41. The highest BCUT2D eigenvalue weighted by molar-refractivity contribution is 6.04. The van der Waals surface area contributed by atoms with Crippen molar-refractivity contribution in [2.45, 2.75) is 26.2 Å². The summed E-state index contributed by atoms with van der Waals surface area (Å²) in [5, 5.41) is 9.86. The van der Waals surface area contributed by atoms with E-state index in [2.05, 4.69) is 41.5 Å². The molecule has 2 N–H and O–H groups in total. The van der Waals surface area contributed by atoms with Crippen molar-refractivity contribution in [1.29, 1.82) is 0 Å². The van der Waals surface area contributed by atoms with Crippen molar-refractivity contribution < 1.29 is 4.79 Å². The number of hydrogen-bond donors (Lipinski definition) is 2. The highest BCUT2D eigenvalue weighted by Gasteiger charge is 2.19. The minimum atomic E-state index is -0.174. The molecule has 0 unspecified atom stereocenters. The van der Waals surface area contributed by atoms with Crippen LogP contribution in [0.2, 0.25) is 0 Å². The minimum Gasteiger partial charge on any atom is -0.373 e. The van der Waals surface area contributed by atoms with Crippen molar-refractivity contribution in [2.24, 2.45) is 7.05 Å². The lowest BCUT2D eigenvalue weighted by atomic mass is 9.90. The van der Waals surface area contributed by atoms with Gasteiger partial charge in [0.15, 0.2) is 0 Å². The van der Waals surface area contributed by atoms with E-state index in [-0.39, 0.29) is 11.3 Å². The van der Waals surface area contributed by atoms with Gasteiger partial charge < -0.3 is 10.6 Å². The molecule has 0 bridgehead atoms. The zero-order valence-corrected chi connectivity index (χ0v) is 13.1. The second-order valence-corrected chi connectivity index (χ2v) is 5.98. The molecule has 0 radical (unpaired) electrons. The molecule has 21 heavy (non-hydrogen) atoms. The van der Waals surface area contributed by atoms with Gasteiger partial charge in [-0.1, -0.05) is 20.8 Å². The zero-order valence-electron chi connectivity index (χ0n) is 13.1. The summed E-state index contributed by atoms with van der Waals surface area (Å²) in [7, 11) is 3.59. The SMILES string of the molecule is CNc1cc(C(=O)Nc2cnn(C)c2)cc(C(C)(C)C)n1. The van der Waals surface area contributed by atoms with Gasteiger partial charge in [0.05, 0.1) is 11.9 Å². The van der Waals surface area contributed by atoms with Crippen LogP contribution in [0, 0.1) is 0 Å². The minimum absolute atomic E-state index is 0.129. The Balaban J connectivity index is 2.31. The summed E-state index contributed by atoms with van der Waals surface area (Å²) in [5.74, 6) is 0.506. The number of nitrogens with zero attached hydrogens (tertiary/aromatic N) is 3. The summed E-state index contributed by atoms with van der Waals surface area (Å²) in [4.78, 5) is 16.9. The van der Waals surface area contributed by atoms with Crippen LogP contribution in [0.15, 0.2) is 24.5 Å². The van der Waals surface area contributed by atoms with E-state index in [1.54, 1.807) is 37.2 Å². The molecule has 2 heterocycles. The Morgan fingerprint density at radius 1 is 1.29 bits per heavy atom. The Labute approximate surface area is 124 Å². The molecule has 0 aliphatic carbocycles.